The van der Waals surface area contributed by atoms with Crippen LogP contribution in [0.2, 0.25) is 0 Å². The Morgan fingerprint density at radius 1 is 0.594 bits per heavy atom. The van der Waals surface area contributed by atoms with Crippen LogP contribution in [-0.4, -0.2) is 5.91 Å². The maximum Gasteiger partial charge on any atom is 0.252 e. The van der Waals surface area contributed by atoms with Crippen molar-refractivity contribution in [2.24, 2.45) is 0 Å². The van der Waals surface area contributed by atoms with Crippen LogP contribution in [0.15, 0.2) is 106 Å². The predicted molar refractivity (Wildman–Crippen MR) is 135 cm³/mol. The third-order valence-electron chi connectivity index (χ3n) is 6.37. The molecule has 1 aliphatic heterocycles. The van der Waals surface area contributed by atoms with Crippen LogP contribution in [0.3, 0.4) is 0 Å². The zero-order valence-electron chi connectivity index (χ0n) is 16.9. The summed E-state index contributed by atoms with van der Waals surface area (Å²) in [6.45, 7) is 0. The summed E-state index contributed by atoms with van der Waals surface area (Å²) in [7, 11) is 0. The second kappa shape index (κ2) is 7.29. The van der Waals surface area contributed by atoms with Gasteiger partial charge in [0.05, 0.1) is 0 Å². The van der Waals surface area contributed by atoms with E-state index in [1.165, 1.54) is 0 Å². The molecule has 1 spiro atoms. The molecule has 1 heterocycles. The molecule has 4 aromatic rings. The van der Waals surface area contributed by atoms with Gasteiger partial charge in [-0.05, 0) is 63.7 Å². The highest BCUT2D eigenvalue weighted by Gasteiger charge is 2.53. The molecule has 1 N–H and O–H groups in total. The van der Waals surface area contributed by atoms with E-state index in [4.69, 9.17) is 0 Å². The molecule has 0 radical (unpaired) electrons. The molecule has 0 saturated carbocycles. The summed E-state index contributed by atoms with van der Waals surface area (Å²) in [5, 5.41) is 3.41. The van der Waals surface area contributed by atoms with Gasteiger partial charge in [0.25, 0.3) is 5.91 Å². The van der Waals surface area contributed by atoms with Gasteiger partial charge in [-0.15, -0.1) is 0 Å². The van der Waals surface area contributed by atoms with Crippen LogP contribution in [0.1, 0.15) is 38.2 Å². The largest absolute Gasteiger partial charge is 0.334 e. The Morgan fingerprint density at radius 2 is 1.09 bits per heavy atom. The number of halogens is 2. The normalized spacial score (nSPS) is 18.6. The van der Waals surface area contributed by atoms with Crippen LogP contribution >= 0.6 is 31.9 Å². The van der Waals surface area contributed by atoms with E-state index < -0.39 is 5.54 Å². The van der Waals surface area contributed by atoms with E-state index in [1.807, 2.05) is 18.2 Å². The highest BCUT2D eigenvalue weighted by Crippen LogP contribution is 2.57. The monoisotopic (exact) mass is 541 g/mol. The lowest BCUT2D eigenvalue weighted by Crippen LogP contribution is -2.40. The van der Waals surface area contributed by atoms with Crippen LogP contribution in [-0.2, 0) is 5.54 Å². The number of benzene rings is 4. The summed E-state index contributed by atoms with van der Waals surface area (Å²) < 4.78 is 2.06. The molecular formula is C28H17Br2NO. The first-order chi connectivity index (χ1) is 15.6. The number of hydrogen-bond donors (Lipinski definition) is 1. The van der Waals surface area contributed by atoms with E-state index in [9.17, 15) is 4.79 Å². The lowest BCUT2D eigenvalue weighted by atomic mass is 9.77. The molecule has 0 fully saturated rings. The standard InChI is InChI=1S/C28H17Br2NO/c29-19-13-9-17(10-14-19)25-21-5-1-3-7-23(21)28(26(25)18-11-15-20(30)16-12-18)24-8-4-2-6-22(24)27(32)31-28/h1-16H,(H,31,32). The SMILES string of the molecule is O=C1NC2(C(c3ccc(Br)cc3)=C(c3ccc(Br)cc3)c3ccccc32)c2ccccc21. The van der Waals surface area contributed by atoms with Crippen molar-refractivity contribution < 1.29 is 4.79 Å². The van der Waals surface area contributed by atoms with Crippen LogP contribution in [0, 0.1) is 0 Å². The topological polar surface area (TPSA) is 29.1 Å². The molecule has 4 aromatic carbocycles. The minimum atomic E-state index is -0.736. The average Bonchev–Trinajstić information content (AvgIpc) is 3.28. The lowest BCUT2D eigenvalue weighted by molar-refractivity contribution is 0.0952. The fraction of sp³-hybridized carbons (Fsp3) is 0.0357. The first-order valence-corrected chi connectivity index (χ1v) is 12.0. The number of hydrogen-bond acceptors (Lipinski definition) is 1. The Morgan fingerprint density at radius 3 is 1.72 bits per heavy atom. The molecule has 4 heteroatoms. The smallest absolute Gasteiger partial charge is 0.252 e. The highest BCUT2D eigenvalue weighted by atomic mass is 79.9. The number of carbonyl (C=O) groups is 1. The Labute approximate surface area is 203 Å². The molecule has 1 unspecified atom stereocenters. The summed E-state index contributed by atoms with van der Waals surface area (Å²) in [6.07, 6.45) is 0. The highest BCUT2D eigenvalue weighted by molar-refractivity contribution is 9.10. The van der Waals surface area contributed by atoms with Crippen molar-refractivity contribution in [3.05, 3.63) is 139 Å². The first kappa shape index (κ1) is 19.7. The summed E-state index contributed by atoms with van der Waals surface area (Å²) >= 11 is 7.13. The Hall–Kier alpha value is -2.95. The molecule has 0 bridgehead atoms. The van der Waals surface area contributed by atoms with Crippen LogP contribution < -0.4 is 5.32 Å². The summed E-state index contributed by atoms with van der Waals surface area (Å²) in [4.78, 5) is 13.2. The Kier molecular flexibility index (Phi) is 4.49. The second-order valence-electron chi connectivity index (χ2n) is 8.06. The van der Waals surface area contributed by atoms with Gasteiger partial charge in [0.1, 0.15) is 5.54 Å². The summed E-state index contributed by atoms with van der Waals surface area (Å²) in [5.41, 5.74) is 7.70. The third-order valence-corrected chi connectivity index (χ3v) is 7.43. The Bertz CT molecular complexity index is 1420. The molecule has 6 rings (SSSR count). The van der Waals surface area contributed by atoms with Crippen molar-refractivity contribution in [3.63, 3.8) is 0 Å². The van der Waals surface area contributed by atoms with Crippen LogP contribution in [0.25, 0.3) is 11.1 Å². The van der Waals surface area contributed by atoms with Crippen molar-refractivity contribution >= 4 is 48.9 Å². The van der Waals surface area contributed by atoms with Gasteiger partial charge in [0, 0.05) is 20.1 Å². The number of nitrogens with one attached hydrogen (secondary N) is 1. The molecule has 1 atom stereocenters. The van der Waals surface area contributed by atoms with Crippen LogP contribution in [0.4, 0.5) is 0 Å². The molecule has 0 saturated heterocycles. The Balaban J connectivity index is 1.77. The van der Waals surface area contributed by atoms with E-state index in [0.717, 1.165) is 53.5 Å². The van der Waals surface area contributed by atoms with Gasteiger partial charge < -0.3 is 5.32 Å². The number of fused-ring (bicyclic) bond motifs is 4. The van der Waals surface area contributed by atoms with E-state index in [0.29, 0.717) is 0 Å². The van der Waals surface area contributed by atoms with E-state index in [-0.39, 0.29) is 5.91 Å². The molecular weight excluding hydrogens is 526 g/mol. The molecule has 2 aliphatic rings. The minimum absolute atomic E-state index is 0.0397. The number of carbonyl (C=O) groups excluding carboxylic acids is 1. The van der Waals surface area contributed by atoms with Crippen LogP contribution in [0.5, 0.6) is 0 Å². The lowest BCUT2D eigenvalue weighted by Gasteiger charge is -2.31. The fourth-order valence-electron chi connectivity index (χ4n) is 5.10. The number of amides is 1. The third kappa shape index (κ3) is 2.73. The molecule has 32 heavy (non-hydrogen) atoms. The van der Waals surface area contributed by atoms with Crippen molar-refractivity contribution in [1.82, 2.24) is 5.32 Å². The first-order valence-electron chi connectivity index (χ1n) is 10.4. The minimum Gasteiger partial charge on any atom is -0.334 e. The average molecular weight is 543 g/mol. The van der Waals surface area contributed by atoms with Crippen molar-refractivity contribution in [2.75, 3.05) is 0 Å². The predicted octanol–water partition coefficient (Wildman–Crippen LogP) is 7.17. The zero-order valence-corrected chi connectivity index (χ0v) is 20.1. The molecule has 154 valence electrons. The summed E-state index contributed by atoms with van der Waals surface area (Å²) in [5.74, 6) is -0.0397. The maximum atomic E-state index is 13.2. The van der Waals surface area contributed by atoms with Gasteiger partial charge in [-0.2, -0.15) is 0 Å². The molecule has 2 nitrogen and oxygen atoms in total. The fourth-order valence-corrected chi connectivity index (χ4v) is 5.63. The van der Waals surface area contributed by atoms with Crippen molar-refractivity contribution in [3.8, 4) is 0 Å². The van der Waals surface area contributed by atoms with Gasteiger partial charge in [0.15, 0.2) is 0 Å². The van der Waals surface area contributed by atoms with Gasteiger partial charge >= 0.3 is 0 Å². The van der Waals surface area contributed by atoms with E-state index >= 15 is 0 Å². The summed E-state index contributed by atoms with van der Waals surface area (Å²) in [6, 6.07) is 33.1. The van der Waals surface area contributed by atoms with Gasteiger partial charge in [0.2, 0.25) is 0 Å². The molecule has 0 aromatic heterocycles. The quantitative estimate of drug-likeness (QED) is 0.286. The number of rotatable bonds is 2. The molecule has 1 aliphatic carbocycles. The van der Waals surface area contributed by atoms with E-state index in [2.05, 4.69) is 116 Å². The van der Waals surface area contributed by atoms with E-state index in [1.54, 1.807) is 0 Å². The van der Waals surface area contributed by atoms with Crippen molar-refractivity contribution in [1.29, 1.82) is 0 Å². The van der Waals surface area contributed by atoms with Gasteiger partial charge in [-0.1, -0.05) is 98.6 Å². The maximum absolute atomic E-state index is 13.2. The van der Waals surface area contributed by atoms with Crippen molar-refractivity contribution in [2.45, 2.75) is 5.54 Å². The molecule has 1 amide bonds. The second-order valence-corrected chi connectivity index (χ2v) is 9.89. The van der Waals surface area contributed by atoms with Gasteiger partial charge in [-0.3, -0.25) is 4.79 Å². The van der Waals surface area contributed by atoms with Gasteiger partial charge in [-0.25, -0.2) is 0 Å². The zero-order chi connectivity index (χ0) is 21.9.